The van der Waals surface area contributed by atoms with Crippen LogP contribution in [0.4, 0.5) is 0 Å². The lowest BCUT2D eigenvalue weighted by molar-refractivity contribution is -0.169. The van der Waals surface area contributed by atoms with E-state index in [9.17, 15) is 9.59 Å². The highest BCUT2D eigenvalue weighted by Crippen LogP contribution is 2.66. The molecule has 0 spiro atoms. The van der Waals surface area contributed by atoms with E-state index >= 15 is 0 Å². The first-order valence-corrected chi connectivity index (χ1v) is 10.4. The number of hydrogen-bond donors (Lipinski definition) is 0. The van der Waals surface area contributed by atoms with Crippen molar-refractivity contribution in [1.82, 2.24) is 4.90 Å². The van der Waals surface area contributed by atoms with Crippen molar-refractivity contribution in [3.63, 3.8) is 0 Å². The number of methoxy groups -OCH3 is 2. The first kappa shape index (κ1) is 19.5. The van der Waals surface area contributed by atoms with Gasteiger partial charge >= 0.3 is 0 Å². The Balaban J connectivity index is 1.91. The van der Waals surface area contributed by atoms with Gasteiger partial charge in [-0.25, -0.2) is 0 Å². The van der Waals surface area contributed by atoms with Crippen LogP contribution in [-0.2, 0) is 24.5 Å². The average Bonchev–Trinajstić information content (AvgIpc) is 3.01. The van der Waals surface area contributed by atoms with Gasteiger partial charge in [0, 0.05) is 25.7 Å². The van der Waals surface area contributed by atoms with Crippen molar-refractivity contribution in [2.45, 2.75) is 43.9 Å². The van der Waals surface area contributed by atoms with Gasteiger partial charge in [0.2, 0.25) is 11.8 Å². The van der Waals surface area contributed by atoms with Crippen molar-refractivity contribution in [3.8, 4) is 0 Å². The van der Waals surface area contributed by atoms with Gasteiger partial charge in [-0.2, -0.15) is 0 Å². The standard InChI is InChI=1S/C25H27NO4/c1-24(2,3)26-21(27)19-18-14-10-6-8-12-16(14)25(20(19)22(26)28,23(29-4)30-5)17-13-9-7-11-15(17)18/h6-13,18-20,23H,1-5H3/t18?,19-,20-,25?/m0/s1. The highest BCUT2D eigenvalue weighted by molar-refractivity contribution is 6.09. The molecule has 2 aromatic carbocycles. The molecule has 5 nitrogen and oxygen atoms in total. The molecule has 4 aliphatic rings. The van der Waals surface area contributed by atoms with Crippen molar-refractivity contribution < 1.29 is 19.1 Å². The zero-order valence-electron chi connectivity index (χ0n) is 18.0. The normalized spacial score (nSPS) is 29.3. The van der Waals surface area contributed by atoms with Crippen molar-refractivity contribution in [2.24, 2.45) is 11.8 Å². The summed E-state index contributed by atoms with van der Waals surface area (Å²) in [5.41, 5.74) is 2.76. The highest BCUT2D eigenvalue weighted by atomic mass is 16.7. The number of nitrogens with zero attached hydrogens (tertiary/aromatic N) is 1. The van der Waals surface area contributed by atoms with Crippen molar-refractivity contribution >= 4 is 11.8 Å². The Hall–Kier alpha value is -2.50. The fraction of sp³-hybridized carbons (Fsp3) is 0.440. The van der Waals surface area contributed by atoms with Crippen LogP contribution in [-0.4, -0.2) is 42.8 Å². The monoisotopic (exact) mass is 405 g/mol. The first-order valence-electron chi connectivity index (χ1n) is 10.4. The van der Waals surface area contributed by atoms with Crippen LogP contribution < -0.4 is 0 Å². The zero-order valence-corrected chi connectivity index (χ0v) is 18.0. The zero-order chi connectivity index (χ0) is 21.4. The van der Waals surface area contributed by atoms with E-state index in [4.69, 9.17) is 9.47 Å². The van der Waals surface area contributed by atoms with Crippen molar-refractivity contribution in [1.29, 1.82) is 0 Å². The summed E-state index contributed by atoms with van der Waals surface area (Å²) >= 11 is 0. The smallest absolute Gasteiger partial charge is 0.235 e. The minimum Gasteiger partial charge on any atom is -0.355 e. The van der Waals surface area contributed by atoms with E-state index in [1.165, 1.54) is 4.90 Å². The average molecular weight is 405 g/mol. The van der Waals surface area contributed by atoms with Crippen LogP contribution in [0.25, 0.3) is 0 Å². The summed E-state index contributed by atoms with van der Waals surface area (Å²) in [7, 11) is 3.21. The van der Waals surface area contributed by atoms with Gasteiger partial charge in [0.25, 0.3) is 0 Å². The second-order valence-electron chi connectivity index (χ2n) is 9.51. The summed E-state index contributed by atoms with van der Waals surface area (Å²) in [4.78, 5) is 29.2. The molecule has 2 atom stereocenters. The number of imide groups is 1. The Morgan fingerprint density at radius 3 is 1.83 bits per heavy atom. The molecule has 2 aromatic rings. The summed E-state index contributed by atoms with van der Waals surface area (Å²) in [5.74, 6) is -1.41. The number of rotatable bonds is 3. The van der Waals surface area contributed by atoms with Crippen LogP contribution in [0, 0.1) is 11.8 Å². The fourth-order valence-electron chi connectivity index (χ4n) is 6.36. The molecule has 0 N–H and O–H groups in total. The third kappa shape index (κ3) is 2.09. The summed E-state index contributed by atoms with van der Waals surface area (Å²) < 4.78 is 11.8. The molecule has 1 heterocycles. The topological polar surface area (TPSA) is 55.8 Å². The number of hydrogen-bond acceptors (Lipinski definition) is 4. The minimum atomic E-state index is -0.886. The number of ether oxygens (including phenoxy) is 2. The SMILES string of the molecule is COC(OC)C12c3ccccc3C(c3ccccc31)[C@@H]1C(=O)N(C(C)(C)C)C(=O)[C@H]12. The van der Waals surface area contributed by atoms with Crippen LogP contribution in [0.2, 0.25) is 0 Å². The van der Waals surface area contributed by atoms with Crippen molar-refractivity contribution in [3.05, 3.63) is 70.8 Å². The second kappa shape index (κ2) is 6.25. The van der Waals surface area contributed by atoms with Gasteiger partial charge in [-0.05, 0) is 43.0 Å². The van der Waals surface area contributed by atoms with Crippen LogP contribution in [0.1, 0.15) is 48.9 Å². The molecule has 0 saturated carbocycles. The summed E-state index contributed by atoms with van der Waals surface area (Å²) in [6.07, 6.45) is -0.704. The fourth-order valence-corrected chi connectivity index (χ4v) is 6.36. The lowest BCUT2D eigenvalue weighted by Gasteiger charge is -2.56. The molecular weight excluding hydrogens is 378 g/mol. The van der Waals surface area contributed by atoms with Crippen LogP contribution in [0.3, 0.4) is 0 Å². The van der Waals surface area contributed by atoms with E-state index in [0.29, 0.717) is 0 Å². The third-order valence-electron chi connectivity index (χ3n) is 7.15. The van der Waals surface area contributed by atoms with Crippen molar-refractivity contribution in [2.75, 3.05) is 14.2 Å². The van der Waals surface area contributed by atoms with Crippen LogP contribution in [0.5, 0.6) is 0 Å². The molecule has 5 heteroatoms. The van der Waals surface area contributed by atoms with Gasteiger partial charge < -0.3 is 9.47 Å². The van der Waals surface area contributed by atoms with E-state index in [1.807, 2.05) is 45.0 Å². The third-order valence-corrected chi connectivity index (χ3v) is 7.15. The van der Waals surface area contributed by atoms with E-state index in [2.05, 4.69) is 24.3 Å². The quantitative estimate of drug-likeness (QED) is 0.580. The van der Waals surface area contributed by atoms with E-state index in [-0.39, 0.29) is 17.7 Å². The molecule has 156 valence electrons. The molecule has 1 aliphatic heterocycles. The lowest BCUT2D eigenvalue weighted by atomic mass is 9.47. The highest BCUT2D eigenvalue weighted by Gasteiger charge is 2.71. The molecule has 3 aliphatic carbocycles. The molecule has 2 amide bonds. The van der Waals surface area contributed by atoms with Gasteiger partial charge in [0.1, 0.15) is 0 Å². The van der Waals surface area contributed by atoms with Gasteiger partial charge in [-0.15, -0.1) is 0 Å². The maximum absolute atomic E-state index is 13.9. The Labute approximate surface area is 177 Å². The Bertz CT molecular complexity index is 1000. The Morgan fingerprint density at radius 1 is 0.867 bits per heavy atom. The summed E-state index contributed by atoms with van der Waals surface area (Å²) in [5, 5.41) is 0. The van der Waals surface area contributed by atoms with E-state index < -0.39 is 29.1 Å². The number of carbonyl (C=O) groups excluding carboxylic acids is 2. The van der Waals surface area contributed by atoms with Gasteiger partial charge in [-0.1, -0.05) is 48.5 Å². The molecule has 0 aromatic heterocycles. The largest absolute Gasteiger partial charge is 0.355 e. The molecule has 0 unspecified atom stereocenters. The second-order valence-corrected chi connectivity index (χ2v) is 9.51. The molecular formula is C25H27NO4. The van der Waals surface area contributed by atoms with Gasteiger partial charge in [0.05, 0.1) is 17.3 Å². The van der Waals surface area contributed by atoms with E-state index in [0.717, 1.165) is 22.3 Å². The predicted molar refractivity (Wildman–Crippen MR) is 112 cm³/mol. The summed E-state index contributed by atoms with van der Waals surface area (Å²) in [6, 6.07) is 16.3. The van der Waals surface area contributed by atoms with Gasteiger partial charge in [0.15, 0.2) is 6.29 Å². The maximum Gasteiger partial charge on any atom is 0.235 e. The molecule has 1 saturated heterocycles. The minimum absolute atomic E-state index is 0.0955. The Kier molecular flexibility index (Phi) is 4.06. The number of benzene rings is 2. The van der Waals surface area contributed by atoms with Gasteiger partial charge in [-0.3, -0.25) is 14.5 Å². The molecule has 30 heavy (non-hydrogen) atoms. The first-order chi connectivity index (χ1) is 14.3. The molecule has 2 bridgehead atoms. The molecule has 6 rings (SSSR count). The number of amides is 2. The predicted octanol–water partition coefficient (Wildman–Crippen LogP) is 3.45. The molecule has 1 fully saturated rings. The number of likely N-dealkylation sites (tertiary alicyclic amines) is 1. The maximum atomic E-state index is 13.9. The molecule has 0 radical (unpaired) electrons. The Morgan fingerprint density at radius 2 is 1.37 bits per heavy atom. The van der Waals surface area contributed by atoms with Crippen LogP contribution in [0.15, 0.2) is 48.5 Å². The summed E-state index contributed by atoms with van der Waals surface area (Å²) in [6.45, 7) is 5.75. The lowest BCUT2D eigenvalue weighted by Crippen LogP contribution is -2.60. The van der Waals surface area contributed by atoms with Crippen LogP contribution >= 0.6 is 0 Å². The number of carbonyl (C=O) groups is 2. The van der Waals surface area contributed by atoms with E-state index in [1.54, 1.807) is 14.2 Å².